The summed E-state index contributed by atoms with van der Waals surface area (Å²) in [6.07, 6.45) is 0. The number of halogens is 2. The molecular formula is C8H8BrClO. The van der Waals surface area contributed by atoms with Crippen molar-refractivity contribution in [1.29, 1.82) is 0 Å². The van der Waals surface area contributed by atoms with Gasteiger partial charge >= 0.3 is 0 Å². The molecule has 1 rings (SSSR count). The van der Waals surface area contributed by atoms with E-state index < -0.39 is 0 Å². The smallest absolute Gasteiger partial charge is 0.134 e. The quantitative estimate of drug-likeness (QED) is 0.725. The summed E-state index contributed by atoms with van der Waals surface area (Å²) in [6, 6.07) is 3.66. The number of benzene rings is 1. The molecule has 0 heterocycles. The Morgan fingerprint density at radius 1 is 1.45 bits per heavy atom. The molecule has 0 unspecified atom stereocenters. The van der Waals surface area contributed by atoms with E-state index >= 15 is 0 Å². The summed E-state index contributed by atoms with van der Waals surface area (Å²) in [6.45, 7) is 1.97. The Morgan fingerprint density at radius 2 is 2.09 bits per heavy atom. The van der Waals surface area contributed by atoms with E-state index in [0.29, 0.717) is 5.02 Å². The van der Waals surface area contributed by atoms with Gasteiger partial charge in [-0.05, 0) is 40.5 Å². The van der Waals surface area contributed by atoms with Crippen LogP contribution in [0.25, 0.3) is 0 Å². The molecule has 60 valence electrons. The molecule has 1 aromatic rings. The number of ether oxygens (including phenoxy) is 1. The highest BCUT2D eigenvalue weighted by atomic mass is 79.9. The molecular weight excluding hydrogens is 227 g/mol. The Bertz CT molecular complexity index is 273. The second-order valence-electron chi connectivity index (χ2n) is 2.24. The Balaban J connectivity index is 3.24. The van der Waals surface area contributed by atoms with Crippen molar-refractivity contribution < 1.29 is 4.74 Å². The zero-order valence-corrected chi connectivity index (χ0v) is 8.66. The lowest BCUT2D eigenvalue weighted by molar-refractivity contribution is 0.412. The van der Waals surface area contributed by atoms with E-state index in [0.717, 1.165) is 15.8 Å². The normalized spacial score (nSPS) is 9.82. The maximum Gasteiger partial charge on any atom is 0.134 e. The van der Waals surface area contributed by atoms with Crippen LogP contribution in [-0.4, -0.2) is 7.11 Å². The topological polar surface area (TPSA) is 9.23 Å². The second kappa shape index (κ2) is 3.46. The average Bonchev–Trinajstić information content (AvgIpc) is 1.96. The van der Waals surface area contributed by atoms with Crippen LogP contribution in [-0.2, 0) is 0 Å². The first-order valence-electron chi connectivity index (χ1n) is 3.15. The van der Waals surface area contributed by atoms with Crippen molar-refractivity contribution in [3.05, 3.63) is 27.2 Å². The highest BCUT2D eigenvalue weighted by Gasteiger charge is 2.03. The van der Waals surface area contributed by atoms with Crippen LogP contribution < -0.4 is 4.74 Å². The van der Waals surface area contributed by atoms with E-state index in [1.807, 2.05) is 13.0 Å². The van der Waals surface area contributed by atoms with Crippen molar-refractivity contribution in [3.8, 4) is 5.75 Å². The molecule has 1 aromatic carbocycles. The lowest BCUT2D eigenvalue weighted by atomic mass is 10.2. The van der Waals surface area contributed by atoms with Crippen LogP contribution in [0.2, 0.25) is 5.02 Å². The molecule has 3 heteroatoms. The highest BCUT2D eigenvalue weighted by Crippen LogP contribution is 2.31. The summed E-state index contributed by atoms with van der Waals surface area (Å²) >= 11 is 9.19. The molecule has 0 aliphatic heterocycles. The predicted molar refractivity (Wildman–Crippen MR) is 50.4 cm³/mol. The standard InChI is InChI=1S/C8H8BrClO/c1-5-3-6(10)4-7(11-2)8(5)9/h3-4H,1-2H3. The Labute approximate surface area is 79.4 Å². The molecule has 0 aliphatic rings. The first-order chi connectivity index (χ1) is 5.15. The molecule has 0 aliphatic carbocycles. The van der Waals surface area contributed by atoms with E-state index in [4.69, 9.17) is 16.3 Å². The highest BCUT2D eigenvalue weighted by molar-refractivity contribution is 9.10. The van der Waals surface area contributed by atoms with Gasteiger partial charge in [0, 0.05) is 5.02 Å². The van der Waals surface area contributed by atoms with Gasteiger partial charge in [0.2, 0.25) is 0 Å². The van der Waals surface area contributed by atoms with Gasteiger partial charge in [-0.2, -0.15) is 0 Å². The van der Waals surface area contributed by atoms with Crippen molar-refractivity contribution in [2.24, 2.45) is 0 Å². The molecule has 0 amide bonds. The minimum atomic E-state index is 0.697. The van der Waals surface area contributed by atoms with Crippen molar-refractivity contribution in [1.82, 2.24) is 0 Å². The minimum Gasteiger partial charge on any atom is -0.496 e. The third-order valence-electron chi connectivity index (χ3n) is 1.41. The lowest BCUT2D eigenvalue weighted by Crippen LogP contribution is -1.86. The fourth-order valence-electron chi connectivity index (χ4n) is 0.843. The summed E-state index contributed by atoms with van der Waals surface area (Å²) in [7, 11) is 1.62. The van der Waals surface area contributed by atoms with Crippen molar-refractivity contribution in [2.45, 2.75) is 6.92 Å². The Hall–Kier alpha value is -0.210. The first-order valence-corrected chi connectivity index (χ1v) is 4.32. The third-order valence-corrected chi connectivity index (χ3v) is 2.64. The molecule has 0 saturated carbocycles. The van der Waals surface area contributed by atoms with E-state index in [9.17, 15) is 0 Å². The molecule has 0 bridgehead atoms. The summed E-state index contributed by atoms with van der Waals surface area (Å²) < 4.78 is 6.04. The van der Waals surface area contributed by atoms with Crippen LogP contribution in [0, 0.1) is 6.92 Å². The molecule has 0 radical (unpaired) electrons. The largest absolute Gasteiger partial charge is 0.496 e. The van der Waals surface area contributed by atoms with Gasteiger partial charge in [0.05, 0.1) is 11.6 Å². The molecule has 11 heavy (non-hydrogen) atoms. The molecule has 0 spiro atoms. The SMILES string of the molecule is COc1cc(Cl)cc(C)c1Br. The number of methoxy groups -OCH3 is 1. The van der Waals surface area contributed by atoms with Gasteiger partial charge in [0.25, 0.3) is 0 Å². The average molecular weight is 236 g/mol. The Kier molecular flexibility index (Phi) is 2.79. The van der Waals surface area contributed by atoms with Crippen LogP contribution >= 0.6 is 27.5 Å². The lowest BCUT2D eigenvalue weighted by Gasteiger charge is -2.05. The molecule has 0 fully saturated rings. The molecule has 0 atom stereocenters. The summed E-state index contributed by atoms with van der Waals surface area (Å²) in [5.74, 6) is 0.773. The van der Waals surface area contributed by atoms with Crippen LogP contribution in [0.15, 0.2) is 16.6 Å². The molecule has 1 nitrogen and oxygen atoms in total. The van der Waals surface area contributed by atoms with Crippen LogP contribution in [0.1, 0.15) is 5.56 Å². The maximum atomic E-state index is 5.80. The summed E-state index contributed by atoms with van der Waals surface area (Å²) in [4.78, 5) is 0. The van der Waals surface area contributed by atoms with Crippen molar-refractivity contribution in [2.75, 3.05) is 7.11 Å². The second-order valence-corrected chi connectivity index (χ2v) is 3.47. The third kappa shape index (κ3) is 1.88. The van der Waals surface area contributed by atoms with Crippen LogP contribution in [0.4, 0.5) is 0 Å². The fourth-order valence-corrected chi connectivity index (χ4v) is 1.50. The Morgan fingerprint density at radius 3 is 2.64 bits per heavy atom. The van der Waals surface area contributed by atoms with E-state index in [2.05, 4.69) is 15.9 Å². The number of aryl methyl sites for hydroxylation is 1. The monoisotopic (exact) mass is 234 g/mol. The van der Waals surface area contributed by atoms with Gasteiger partial charge in [-0.3, -0.25) is 0 Å². The number of hydrogen-bond donors (Lipinski definition) is 0. The van der Waals surface area contributed by atoms with Gasteiger partial charge in [-0.1, -0.05) is 11.6 Å². The van der Waals surface area contributed by atoms with E-state index in [1.54, 1.807) is 13.2 Å². The zero-order valence-electron chi connectivity index (χ0n) is 6.32. The predicted octanol–water partition coefficient (Wildman–Crippen LogP) is 3.42. The van der Waals surface area contributed by atoms with E-state index in [1.165, 1.54) is 0 Å². The van der Waals surface area contributed by atoms with Gasteiger partial charge < -0.3 is 4.74 Å². The summed E-state index contributed by atoms with van der Waals surface area (Å²) in [5.41, 5.74) is 1.08. The molecule has 0 saturated heterocycles. The van der Waals surface area contributed by atoms with Crippen LogP contribution in [0.3, 0.4) is 0 Å². The number of hydrogen-bond acceptors (Lipinski definition) is 1. The number of rotatable bonds is 1. The van der Waals surface area contributed by atoms with Gasteiger partial charge in [-0.15, -0.1) is 0 Å². The van der Waals surface area contributed by atoms with Gasteiger partial charge in [0.1, 0.15) is 5.75 Å². The van der Waals surface area contributed by atoms with E-state index in [-0.39, 0.29) is 0 Å². The molecule has 0 N–H and O–H groups in total. The van der Waals surface area contributed by atoms with Gasteiger partial charge in [0.15, 0.2) is 0 Å². The van der Waals surface area contributed by atoms with Crippen molar-refractivity contribution >= 4 is 27.5 Å². The zero-order chi connectivity index (χ0) is 8.43. The minimum absolute atomic E-state index is 0.697. The fraction of sp³-hybridized carbons (Fsp3) is 0.250. The first kappa shape index (κ1) is 8.88. The molecule has 0 aromatic heterocycles. The van der Waals surface area contributed by atoms with Crippen molar-refractivity contribution in [3.63, 3.8) is 0 Å². The maximum absolute atomic E-state index is 5.80. The van der Waals surface area contributed by atoms with Gasteiger partial charge in [-0.25, -0.2) is 0 Å². The summed E-state index contributed by atoms with van der Waals surface area (Å²) in [5, 5.41) is 0.697. The van der Waals surface area contributed by atoms with Crippen LogP contribution in [0.5, 0.6) is 5.75 Å².